The van der Waals surface area contributed by atoms with Crippen LogP contribution in [0.25, 0.3) is 5.57 Å². The van der Waals surface area contributed by atoms with Crippen LogP contribution >= 0.6 is 0 Å². The summed E-state index contributed by atoms with van der Waals surface area (Å²) < 4.78 is 4.83. The average molecular weight is 373 g/mol. The minimum absolute atomic E-state index is 0.114. The van der Waals surface area contributed by atoms with Crippen molar-refractivity contribution in [1.82, 2.24) is 0 Å². The molecule has 1 aliphatic carbocycles. The van der Waals surface area contributed by atoms with E-state index in [9.17, 15) is 9.59 Å². The fourth-order valence-electron chi connectivity index (χ4n) is 3.80. The van der Waals surface area contributed by atoms with E-state index in [1.54, 1.807) is 13.0 Å². The molecule has 0 bridgehead atoms. The lowest BCUT2D eigenvalue weighted by atomic mass is 9.95. The Hall–Kier alpha value is -3.14. The molecule has 1 fully saturated rings. The Labute approximate surface area is 165 Å². The number of ketones is 1. The molecular formula is C24H23NO3. The molecule has 142 valence electrons. The second-order valence-electron chi connectivity index (χ2n) is 7.22. The topological polar surface area (TPSA) is 46.6 Å². The molecule has 2 aromatic rings. The third-order valence-electron chi connectivity index (χ3n) is 5.28. The summed E-state index contributed by atoms with van der Waals surface area (Å²) in [5.41, 5.74) is 6.88. The first kappa shape index (κ1) is 18.2. The van der Waals surface area contributed by atoms with Crippen LogP contribution in [0.15, 0.2) is 65.9 Å². The largest absolute Gasteiger partial charge is 0.465 e. The molecule has 1 saturated carbocycles. The van der Waals surface area contributed by atoms with Gasteiger partial charge in [-0.05, 0) is 55.5 Å². The second kappa shape index (κ2) is 7.47. The zero-order valence-corrected chi connectivity index (χ0v) is 16.2. The van der Waals surface area contributed by atoms with Crippen molar-refractivity contribution in [1.29, 1.82) is 0 Å². The number of methoxy groups -OCH3 is 1. The molecule has 4 rings (SSSR count). The van der Waals surface area contributed by atoms with Gasteiger partial charge in [0.15, 0.2) is 5.78 Å². The van der Waals surface area contributed by atoms with Gasteiger partial charge in [-0.3, -0.25) is 4.79 Å². The van der Waals surface area contributed by atoms with E-state index in [1.807, 2.05) is 30.3 Å². The summed E-state index contributed by atoms with van der Waals surface area (Å²) in [6.07, 6.45) is 4.95. The highest BCUT2D eigenvalue weighted by Crippen LogP contribution is 2.40. The number of Topliss-reactive ketones (excluding diaryl/α,β-unsaturated/α-hetero) is 1. The van der Waals surface area contributed by atoms with Crippen molar-refractivity contribution in [2.45, 2.75) is 26.2 Å². The molecule has 0 unspecified atom stereocenters. The molecule has 0 spiro atoms. The van der Waals surface area contributed by atoms with E-state index in [2.05, 4.69) is 23.2 Å². The van der Waals surface area contributed by atoms with E-state index >= 15 is 0 Å². The first-order valence-electron chi connectivity index (χ1n) is 9.57. The van der Waals surface area contributed by atoms with E-state index in [0.717, 1.165) is 53.8 Å². The number of hydrogen-bond donors (Lipinski definition) is 0. The molecule has 0 N–H and O–H groups in total. The molecule has 0 radical (unpaired) electrons. The van der Waals surface area contributed by atoms with E-state index in [4.69, 9.17) is 4.74 Å². The molecule has 0 aromatic heterocycles. The molecule has 28 heavy (non-hydrogen) atoms. The minimum Gasteiger partial charge on any atom is -0.465 e. The maximum absolute atomic E-state index is 12.4. The standard InChI is InChI=1S/C24H23NO3/c1-16(26)23(18-8-9-18)21(17-6-4-3-5-7-17)15-25-13-12-19-14-20(24(27)28-2)10-11-22(19)25/h3-7,10-11,14-15H,8-9,12-13H2,1-2H3/b21-15+. The number of rotatable bonds is 5. The number of benzene rings is 2. The van der Waals surface area contributed by atoms with Crippen LogP contribution in [0.2, 0.25) is 0 Å². The number of anilines is 1. The Morgan fingerprint density at radius 1 is 1.00 bits per heavy atom. The van der Waals surface area contributed by atoms with E-state index in [1.165, 1.54) is 12.7 Å². The first-order chi connectivity index (χ1) is 13.6. The molecule has 1 heterocycles. The maximum atomic E-state index is 12.4. The van der Waals surface area contributed by atoms with Crippen LogP contribution in [-0.2, 0) is 16.0 Å². The van der Waals surface area contributed by atoms with Gasteiger partial charge in [0.1, 0.15) is 0 Å². The number of allylic oxidation sites excluding steroid dienone is 3. The molecule has 0 amide bonds. The van der Waals surface area contributed by atoms with Crippen LogP contribution in [0.5, 0.6) is 0 Å². The van der Waals surface area contributed by atoms with Crippen LogP contribution in [0, 0.1) is 0 Å². The van der Waals surface area contributed by atoms with Crippen molar-refractivity contribution < 1.29 is 14.3 Å². The van der Waals surface area contributed by atoms with Gasteiger partial charge in [-0.25, -0.2) is 4.79 Å². The van der Waals surface area contributed by atoms with Crippen molar-refractivity contribution in [3.8, 4) is 0 Å². The fourth-order valence-corrected chi connectivity index (χ4v) is 3.80. The van der Waals surface area contributed by atoms with Crippen molar-refractivity contribution in [2.75, 3.05) is 18.6 Å². The number of carbonyl (C=O) groups is 2. The smallest absolute Gasteiger partial charge is 0.337 e. The summed E-state index contributed by atoms with van der Waals surface area (Å²) in [5, 5.41) is 0. The number of hydrogen-bond acceptors (Lipinski definition) is 4. The molecule has 0 saturated heterocycles. The lowest BCUT2D eigenvalue weighted by Gasteiger charge is -2.19. The molecule has 4 heteroatoms. The van der Waals surface area contributed by atoms with Crippen LogP contribution in [0.3, 0.4) is 0 Å². The summed E-state index contributed by atoms with van der Waals surface area (Å²) in [6, 6.07) is 15.7. The second-order valence-corrected chi connectivity index (χ2v) is 7.22. The number of esters is 1. The lowest BCUT2D eigenvalue weighted by molar-refractivity contribution is -0.113. The van der Waals surface area contributed by atoms with Gasteiger partial charge in [-0.2, -0.15) is 0 Å². The van der Waals surface area contributed by atoms with Gasteiger partial charge in [0.05, 0.1) is 12.7 Å². The van der Waals surface area contributed by atoms with Gasteiger partial charge < -0.3 is 9.64 Å². The minimum atomic E-state index is -0.320. The van der Waals surface area contributed by atoms with Gasteiger partial charge in [-0.15, -0.1) is 0 Å². The zero-order chi connectivity index (χ0) is 19.7. The lowest BCUT2D eigenvalue weighted by Crippen LogP contribution is -2.14. The van der Waals surface area contributed by atoms with Crippen LogP contribution in [0.4, 0.5) is 5.69 Å². The monoisotopic (exact) mass is 373 g/mol. The zero-order valence-electron chi connectivity index (χ0n) is 16.2. The third kappa shape index (κ3) is 3.50. The highest BCUT2D eigenvalue weighted by Gasteiger charge is 2.26. The fraction of sp³-hybridized carbons (Fsp3) is 0.250. The Morgan fingerprint density at radius 3 is 2.39 bits per heavy atom. The number of nitrogens with zero attached hydrogens (tertiary/aromatic N) is 1. The highest BCUT2D eigenvalue weighted by atomic mass is 16.5. The Bertz CT molecular complexity index is 996. The van der Waals surface area contributed by atoms with Gasteiger partial charge in [-0.1, -0.05) is 35.9 Å². The number of carbonyl (C=O) groups excluding carboxylic acids is 2. The van der Waals surface area contributed by atoms with Crippen molar-refractivity contribution in [3.63, 3.8) is 0 Å². The SMILES string of the molecule is COC(=O)c1ccc2c(c1)CCN2/C=C(/C(C(C)=O)=C1CC1)c1ccccc1. The summed E-state index contributed by atoms with van der Waals surface area (Å²) in [4.78, 5) is 26.4. The van der Waals surface area contributed by atoms with Crippen LogP contribution in [-0.4, -0.2) is 25.4 Å². The average Bonchev–Trinajstić information content (AvgIpc) is 3.47. The number of fused-ring (bicyclic) bond motifs is 1. The summed E-state index contributed by atoms with van der Waals surface area (Å²) in [7, 11) is 1.39. The molecular weight excluding hydrogens is 350 g/mol. The predicted octanol–water partition coefficient (Wildman–Crippen LogP) is 4.56. The first-order valence-corrected chi connectivity index (χ1v) is 9.57. The molecule has 2 aromatic carbocycles. The van der Waals surface area contributed by atoms with Crippen LogP contribution < -0.4 is 4.90 Å². The molecule has 4 nitrogen and oxygen atoms in total. The van der Waals surface area contributed by atoms with E-state index < -0.39 is 0 Å². The summed E-state index contributed by atoms with van der Waals surface area (Å²) in [6.45, 7) is 2.47. The van der Waals surface area contributed by atoms with Crippen molar-refractivity contribution >= 4 is 23.0 Å². The Balaban J connectivity index is 1.77. The van der Waals surface area contributed by atoms with Gasteiger partial charge in [0.25, 0.3) is 0 Å². The van der Waals surface area contributed by atoms with Crippen molar-refractivity contribution in [2.24, 2.45) is 0 Å². The normalized spacial score (nSPS) is 15.3. The molecule has 0 atom stereocenters. The van der Waals surface area contributed by atoms with Gasteiger partial charge >= 0.3 is 5.97 Å². The molecule has 2 aliphatic rings. The predicted molar refractivity (Wildman–Crippen MR) is 110 cm³/mol. The Morgan fingerprint density at radius 2 is 1.75 bits per heavy atom. The summed E-state index contributed by atoms with van der Waals surface area (Å²) in [5.74, 6) is -0.206. The van der Waals surface area contributed by atoms with Crippen LogP contribution in [0.1, 0.15) is 41.3 Å². The van der Waals surface area contributed by atoms with E-state index in [0.29, 0.717) is 5.56 Å². The van der Waals surface area contributed by atoms with Gasteiger partial charge in [0, 0.05) is 29.6 Å². The maximum Gasteiger partial charge on any atom is 0.337 e. The molecule has 1 aliphatic heterocycles. The third-order valence-corrected chi connectivity index (χ3v) is 5.28. The quantitative estimate of drug-likeness (QED) is 0.570. The highest BCUT2D eigenvalue weighted by molar-refractivity contribution is 6.10. The Kier molecular flexibility index (Phi) is 4.86. The van der Waals surface area contributed by atoms with E-state index in [-0.39, 0.29) is 11.8 Å². The van der Waals surface area contributed by atoms with Gasteiger partial charge in [0.2, 0.25) is 0 Å². The number of ether oxygens (including phenoxy) is 1. The van der Waals surface area contributed by atoms with Crippen molar-refractivity contribution in [3.05, 3.63) is 82.6 Å². The summed E-state index contributed by atoms with van der Waals surface area (Å²) >= 11 is 0.